The van der Waals surface area contributed by atoms with Crippen molar-refractivity contribution in [2.45, 2.75) is 25.1 Å². The standard InChI is InChI=1S/C26H23Cl2N3O3S/c1-16-3-8-20(13-22(16)28)29-25(33)23-14-24(32)31(15-17-4-11-21(34-2)12-5-17)26(35-23)30-19-9-6-18(27)7-10-19/h3-13,23H,14-15H2,1-2H3,(H,29,33). The van der Waals surface area contributed by atoms with E-state index in [1.54, 1.807) is 48.4 Å². The molecule has 1 fully saturated rings. The second-order valence-corrected chi connectivity index (χ2v) is 9.98. The molecule has 1 unspecified atom stereocenters. The van der Waals surface area contributed by atoms with Crippen LogP contribution in [0.1, 0.15) is 17.5 Å². The van der Waals surface area contributed by atoms with Gasteiger partial charge in [-0.3, -0.25) is 14.5 Å². The molecule has 0 aromatic heterocycles. The molecule has 3 aromatic rings. The molecular formula is C26H23Cl2N3O3S. The van der Waals surface area contributed by atoms with Crippen molar-refractivity contribution >= 4 is 63.3 Å². The predicted octanol–water partition coefficient (Wildman–Crippen LogP) is 6.47. The van der Waals surface area contributed by atoms with Crippen LogP contribution in [0.2, 0.25) is 10.0 Å². The van der Waals surface area contributed by atoms with Gasteiger partial charge in [-0.05, 0) is 66.6 Å². The van der Waals surface area contributed by atoms with Gasteiger partial charge >= 0.3 is 0 Å². The summed E-state index contributed by atoms with van der Waals surface area (Å²) >= 11 is 13.5. The van der Waals surface area contributed by atoms with Crippen LogP contribution in [0.3, 0.4) is 0 Å². The van der Waals surface area contributed by atoms with Gasteiger partial charge in [-0.2, -0.15) is 0 Å². The summed E-state index contributed by atoms with van der Waals surface area (Å²) in [6, 6.07) is 19.8. The molecule has 1 aliphatic heterocycles. The number of halogens is 2. The fourth-order valence-electron chi connectivity index (χ4n) is 3.43. The van der Waals surface area contributed by atoms with Crippen molar-refractivity contribution in [3.8, 4) is 5.75 Å². The normalized spacial score (nSPS) is 16.9. The molecule has 4 rings (SSSR count). The Labute approximate surface area is 218 Å². The molecule has 180 valence electrons. The Bertz CT molecular complexity index is 1260. The summed E-state index contributed by atoms with van der Waals surface area (Å²) in [6.45, 7) is 2.21. The third-order valence-electron chi connectivity index (χ3n) is 5.42. The van der Waals surface area contributed by atoms with E-state index < -0.39 is 5.25 Å². The Morgan fingerprint density at radius 2 is 1.83 bits per heavy atom. The number of carbonyl (C=O) groups excluding carboxylic acids is 2. The highest BCUT2D eigenvalue weighted by molar-refractivity contribution is 8.15. The maximum atomic E-state index is 13.2. The summed E-state index contributed by atoms with van der Waals surface area (Å²) < 4.78 is 5.22. The van der Waals surface area contributed by atoms with Gasteiger partial charge in [0.25, 0.3) is 0 Å². The van der Waals surface area contributed by atoms with Crippen LogP contribution in [0.4, 0.5) is 11.4 Å². The topological polar surface area (TPSA) is 71.0 Å². The predicted molar refractivity (Wildman–Crippen MR) is 143 cm³/mol. The molecule has 0 saturated carbocycles. The van der Waals surface area contributed by atoms with Crippen LogP contribution in [-0.4, -0.2) is 34.2 Å². The SMILES string of the molecule is COc1ccc(CN2C(=O)CC(C(=O)Nc3ccc(C)c(Cl)c3)SC2=Nc2ccc(Cl)cc2)cc1. The first-order valence-corrected chi connectivity index (χ1v) is 12.5. The number of benzene rings is 3. The van der Waals surface area contributed by atoms with Crippen LogP contribution in [0.15, 0.2) is 71.7 Å². The van der Waals surface area contributed by atoms with E-state index >= 15 is 0 Å². The molecule has 3 aromatic carbocycles. The Morgan fingerprint density at radius 3 is 2.49 bits per heavy atom. The van der Waals surface area contributed by atoms with Gasteiger partial charge in [0.15, 0.2) is 5.17 Å². The van der Waals surface area contributed by atoms with E-state index in [1.165, 1.54) is 11.8 Å². The summed E-state index contributed by atoms with van der Waals surface area (Å²) in [4.78, 5) is 32.6. The molecule has 1 saturated heterocycles. The highest BCUT2D eigenvalue weighted by atomic mass is 35.5. The molecule has 1 heterocycles. The largest absolute Gasteiger partial charge is 0.497 e. The van der Waals surface area contributed by atoms with E-state index in [1.807, 2.05) is 37.3 Å². The molecule has 0 radical (unpaired) electrons. The molecule has 0 aliphatic carbocycles. The number of aliphatic imine (C=N–C) groups is 1. The molecule has 1 atom stereocenters. The number of methoxy groups -OCH3 is 1. The highest BCUT2D eigenvalue weighted by Crippen LogP contribution is 2.32. The second-order valence-electron chi connectivity index (χ2n) is 7.96. The molecular weight excluding hydrogens is 505 g/mol. The van der Waals surface area contributed by atoms with E-state index in [0.717, 1.165) is 16.9 Å². The third kappa shape index (κ3) is 6.36. The Morgan fingerprint density at radius 1 is 1.11 bits per heavy atom. The van der Waals surface area contributed by atoms with E-state index in [0.29, 0.717) is 33.1 Å². The van der Waals surface area contributed by atoms with Crippen LogP contribution in [0.25, 0.3) is 0 Å². The zero-order chi connectivity index (χ0) is 24.9. The highest BCUT2D eigenvalue weighted by Gasteiger charge is 2.36. The van der Waals surface area contributed by atoms with Gasteiger partial charge in [0, 0.05) is 22.2 Å². The number of aryl methyl sites for hydroxylation is 1. The number of nitrogens with one attached hydrogen (secondary N) is 1. The zero-order valence-electron chi connectivity index (χ0n) is 19.1. The fraction of sp³-hybridized carbons (Fsp3) is 0.192. The van der Waals surface area contributed by atoms with Gasteiger partial charge in [0.05, 0.1) is 19.3 Å². The molecule has 6 nitrogen and oxygen atoms in total. The van der Waals surface area contributed by atoms with Crippen LogP contribution < -0.4 is 10.1 Å². The molecule has 0 spiro atoms. The average Bonchev–Trinajstić information content (AvgIpc) is 2.85. The Balaban J connectivity index is 1.58. The lowest BCUT2D eigenvalue weighted by atomic mass is 10.2. The van der Waals surface area contributed by atoms with Gasteiger partial charge in [-0.25, -0.2) is 4.99 Å². The fourth-order valence-corrected chi connectivity index (χ4v) is 4.83. The number of amides is 2. The van der Waals surface area contributed by atoms with Crippen molar-refractivity contribution in [2.24, 2.45) is 4.99 Å². The smallest absolute Gasteiger partial charge is 0.238 e. The van der Waals surface area contributed by atoms with Crippen molar-refractivity contribution in [3.63, 3.8) is 0 Å². The third-order valence-corrected chi connectivity index (χ3v) is 7.27. The zero-order valence-corrected chi connectivity index (χ0v) is 21.5. The molecule has 2 amide bonds. The van der Waals surface area contributed by atoms with Crippen LogP contribution >= 0.6 is 35.0 Å². The van der Waals surface area contributed by atoms with Gasteiger partial charge in [-0.15, -0.1) is 0 Å². The summed E-state index contributed by atoms with van der Waals surface area (Å²) in [5.41, 5.74) is 3.05. The summed E-state index contributed by atoms with van der Waals surface area (Å²) in [5.74, 6) is 0.265. The number of nitrogens with zero attached hydrogens (tertiary/aromatic N) is 2. The van der Waals surface area contributed by atoms with Crippen molar-refractivity contribution < 1.29 is 14.3 Å². The number of thioether (sulfide) groups is 1. The number of anilines is 1. The van der Waals surface area contributed by atoms with Gasteiger partial charge < -0.3 is 10.1 Å². The van der Waals surface area contributed by atoms with Crippen LogP contribution in [-0.2, 0) is 16.1 Å². The maximum Gasteiger partial charge on any atom is 0.238 e. The number of hydrogen-bond donors (Lipinski definition) is 1. The minimum absolute atomic E-state index is 0.0475. The first-order valence-electron chi connectivity index (χ1n) is 10.8. The number of rotatable bonds is 6. The van der Waals surface area contributed by atoms with Crippen molar-refractivity contribution in [1.29, 1.82) is 0 Å². The number of ether oxygens (including phenoxy) is 1. The number of hydrogen-bond acceptors (Lipinski definition) is 5. The summed E-state index contributed by atoms with van der Waals surface area (Å²) in [5, 5.41) is 3.82. The van der Waals surface area contributed by atoms with Crippen molar-refractivity contribution in [3.05, 3.63) is 87.9 Å². The Hall–Kier alpha value is -3.00. The van der Waals surface area contributed by atoms with E-state index in [9.17, 15) is 9.59 Å². The number of amidine groups is 1. The molecule has 35 heavy (non-hydrogen) atoms. The van der Waals surface area contributed by atoms with Crippen molar-refractivity contribution in [2.75, 3.05) is 12.4 Å². The first-order chi connectivity index (χ1) is 16.8. The quantitative estimate of drug-likeness (QED) is 0.398. The van der Waals surface area contributed by atoms with Crippen LogP contribution in [0, 0.1) is 6.92 Å². The van der Waals surface area contributed by atoms with Gasteiger partial charge in [0.1, 0.15) is 11.0 Å². The van der Waals surface area contributed by atoms with Crippen molar-refractivity contribution in [1.82, 2.24) is 4.90 Å². The van der Waals surface area contributed by atoms with E-state index in [-0.39, 0.29) is 18.2 Å². The summed E-state index contributed by atoms with van der Waals surface area (Å²) in [7, 11) is 1.60. The minimum atomic E-state index is -0.638. The average molecular weight is 528 g/mol. The molecule has 9 heteroatoms. The van der Waals surface area contributed by atoms with E-state index in [4.69, 9.17) is 27.9 Å². The maximum absolute atomic E-state index is 13.2. The van der Waals surface area contributed by atoms with Gasteiger partial charge in [-0.1, -0.05) is 53.2 Å². The Kier molecular flexibility index (Phi) is 8.00. The number of carbonyl (C=O) groups is 2. The summed E-state index contributed by atoms with van der Waals surface area (Å²) in [6.07, 6.45) is 0.0475. The first kappa shape index (κ1) is 25.1. The van der Waals surface area contributed by atoms with Crippen LogP contribution in [0.5, 0.6) is 5.75 Å². The molecule has 1 N–H and O–H groups in total. The lowest BCUT2D eigenvalue weighted by Crippen LogP contribution is -2.44. The van der Waals surface area contributed by atoms with Gasteiger partial charge in [0.2, 0.25) is 11.8 Å². The van der Waals surface area contributed by atoms with E-state index in [2.05, 4.69) is 10.3 Å². The minimum Gasteiger partial charge on any atom is -0.497 e. The lowest BCUT2D eigenvalue weighted by molar-refractivity contribution is -0.129. The molecule has 0 bridgehead atoms. The monoisotopic (exact) mass is 527 g/mol. The second kappa shape index (κ2) is 11.2. The molecule has 1 aliphatic rings. The lowest BCUT2D eigenvalue weighted by Gasteiger charge is -2.32.